The number of hydrogen-bond donors (Lipinski definition) is 1. The number of halogens is 1. The van der Waals surface area contributed by atoms with Crippen molar-refractivity contribution in [3.05, 3.63) is 65.0 Å². The summed E-state index contributed by atoms with van der Waals surface area (Å²) in [4.78, 5) is 0. The number of benzene rings is 2. The predicted molar refractivity (Wildman–Crippen MR) is 77.2 cm³/mol. The van der Waals surface area contributed by atoms with Crippen molar-refractivity contribution in [2.75, 3.05) is 0 Å². The molecule has 2 aromatic rings. The average molecular weight is 274 g/mol. The summed E-state index contributed by atoms with van der Waals surface area (Å²) in [5, 5.41) is 9.39. The first-order chi connectivity index (χ1) is 9.60. The summed E-state index contributed by atoms with van der Waals surface area (Å²) >= 11 is 0. The molecule has 1 atom stereocenters. The van der Waals surface area contributed by atoms with Gasteiger partial charge in [0.15, 0.2) is 11.6 Å². The minimum Gasteiger partial charge on any atom is -0.486 e. The molecule has 20 heavy (non-hydrogen) atoms. The molecule has 0 aliphatic rings. The third-order valence-corrected chi connectivity index (χ3v) is 3.26. The van der Waals surface area contributed by atoms with Gasteiger partial charge in [0.2, 0.25) is 0 Å². The molecule has 0 amide bonds. The third kappa shape index (κ3) is 3.58. The van der Waals surface area contributed by atoms with E-state index in [0.717, 1.165) is 12.0 Å². The lowest BCUT2D eigenvalue weighted by atomic mass is 10.1. The Labute approximate surface area is 118 Å². The standard InChI is InChI=1S/C17H19FO2/c1-3-13-4-6-14(7-5-13)11-20-17-9-8-15(12(2)19)10-16(17)18/h4-10,12,19H,3,11H2,1-2H3. The molecule has 0 saturated carbocycles. The minimum absolute atomic E-state index is 0.203. The van der Waals surface area contributed by atoms with Gasteiger partial charge < -0.3 is 9.84 Å². The highest BCUT2D eigenvalue weighted by Crippen LogP contribution is 2.22. The molecule has 1 unspecified atom stereocenters. The van der Waals surface area contributed by atoms with Crippen LogP contribution in [0.2, 0.25) is 0 Å². The second kappa shape index (κ2) is 6.53. The Balaban J connectivity index is 2.03. The van der Waals surface area contributed by atoms with E-state index in [1.165, 1.54) is 11.6 Å². The molecular formula is C17H19FO2. The van der Waals surface area contributed by atoms with Gasteiger partial charge in [-0.2, -0.15) is 0 Å². The number of rotatable bonds is 5. The Kier molecular flexibility index (Phi) is 4.74. The van der Waals surface area contributed by atoms with Crippen LogP contribution in [0.1, 0.15) is 36.6 Å². The number of aryl methyl sites for hydroxylation is 1. The Morgan fingerprint density at radius 3 is 2.30 bits per heavy atom. The van der Waals surface area contributed by atoms with Crippen LogP contribution >= 0.6 is 0 Å². The first-order valence-electron chi connectivity index (χ1n) is 6.78. The predicted octanol–water partition coefficient (Wildman–Crippen LogP) is 4.02. The van der Waals surface area contributed by atoms with Crippen LogP contribution < -0.4 is 4.74 Å². The van der Waals surface area contributed by atoms with Crippen LogP contribution in [0.4, 0.5) is 4.39 Å². The van der Waals surface area contributed by atoms with Gasteiger partial charge in [0.1, 0.15) is 6.61 Å². The first-order valence-corrected chi connectivity index (χ1v) is 6.78. The first kappa shape index (κ1) is 14.5. The highest BCUT2D eigenvalue weighted by molar-refractivity contribution is 5.31. The largest absolute Gasteiger partial charge is 0.486 e. The van der Waals surface area contributed by atoms with Crippen molar-refractivity contribution < 1.29 is 14.2 Å². The molecule has 2 nitrogen and oxygen atoms in total. The summed E-state index contributed by atoms with van der Waals surface area (Å²) in [6.45, 7) is 4.03. The Morgan fingerprint density at radius 1 is 1.10 bits per heavy atom. The van der Waals surface area contributed by atoms with E-state index in [-0.39, 0.29) is 5.75 Å². The Hall–Kier alpha value is -1.87. The van der Waals surface area contributed by atoms with Crippen molar-refractivity contribution >= 4 is 0 Å². The van der Waals surface area contributed by atoms with Crippen molar-refractivity contribution in [3.8, 4) is 5.75 Å². The second-order valence-corrected chi connectivity index (χ2v) is 4.82. The average Bonchev–Trinajstić information content (AvgIpc) is 2.46. The number of aliphatic hydroxyl groups excluding tert-OH is 1. The van der Waals surface area contributed by atoms with E-state index in [4.69, 9.17) is 4.74 Å². The molecule has 0 fully saturated rings. The molecule has 0 radical (unpaired) electrons. The van der Waals surface area contributed by atoms with Crippen LogP contribution in [0.3, 0.4) is 0 Å². The van der Waals surface area contributed by atoms with E-state index in [1.54, 1.807) is 19.1 Å². The lowest BCUT2D eigenvalue weighted by Gasteiger charge is -2.10. The van der Waals surface area contributed by atoms with Gasteiger partial charge in [0.25, 0.3) is 0 Å². The molecule has 0 aliphatic heterocycles. The van der Waals surface area contributed by atoms with Crippen molar-refractivity contribution in [3.63, 3.8) is 0 Å². The maximum atomic E-state index is 13.8. The Bertz CT molecular complexity index is 562. The van der Waals surface area contributed by atoms with E-state index in [9.17, 15) is 9.50 Å². The number of ether oxygens (including phenoxy) is 1. The van der Waals surface area contributed by atoms with E-state index in [1.807, 2.05) is 24.3 Å². The van der Waals surface area contributed by atoms with Gasteiger partial charge in [0, 0.05) is 0 Å². The molecule has 0 spiro atoms. The van der Waals surface area contributed by atoms with Crippen LogP contribution in [-0.2, 0) is 13.0 Å². The molecule has 0 bridgehead atoms. The molecule has 0 heterocycles. The van der Waals surface area contributed by atoms with E-state index in [0.29, 0.717) is 12.2 Å². The van der Waals surface area contributed by atoms with Gasteiger partial charge >= 0.3 is 0 Å². The zero-order valence-electron chi connectivity index (χ0n) is 11.8. The maximum Gasteiger partial charge on any atom is 0.165 e. The lowest BCUT2D eigenvalue weighted by Crippen LogP contribution is -1.99. The lowest BCUT2D eigenvalue weighted by molar-refractivity contribution is 0.198. The van der Waals surface area contributed by atoms with Gasteiger partial charge in [-0.15, -0.1) is 0 Å². The fourth-order valence-electron chi connectivity index (χ4n) is 1.93. The van der Waals surface area contributed by atoms with Crippen LogP contribution in [0.5, 0.6) is 5.75 Å². The van der Waals surface area contributed by atoms with Gasteiger partial charge in [-0.25, -0.2) is 4.39 Å². The number of aliphatic hydroxyl groups is 1. The molecule has 1 N–H and O–H groups in total. The summed E-state index contributed by atoms with van der Waals surface area (Å²) in [7, 11) is 0. The van der Waals surface area contributed by atoms with Crippen molar-refractivity contribution in [1.29, 1.82) is 0 Å². The Morgan fingerprint density at radius 2 is 1.75 bits per heavy atom. The van der Waals surface area contributed by atoms with Gasteiger partial charge in [-0.3, -0.25) is 0 Å². The summed E-state index contributed by atoms with van der Waals surface area (Å²) < 4.78 is 19.3. The highest BCUT2D eigenvalue weighted by Gasteiger charge is 2.08. The zero-order chi connectivity index (χ0) is 14.5. The highest BCUT2D eigenvalue weighted by atomic mass is 19.1. The molecule has 2 rings (SSSR count). The molecule has 106 valence electrons. The van der Waals surface area contributed by atoms with Crippen LogP contribution in [0.15, 0.2) is 42.5 Å². The molecule has 0 aliphatic carbocycles. The van der Waals surface area contributed by atoms with Crippen LogP contribution in [0.25, 0.3) is 0 Å². The monoisotopic (exact) mass is 274 g/mol. The summed E-state index contributed by atoms with van der Waals surface area (Å²) in [6.07, 6.45) is 0.316. The van der Waals surface area contributed by atoms with E-state index in [2.05, 4.69) is 6.92 Å². The van der Waals surface area contributed by atoms with Crippen LogP contribution in [-0.4, -0.2) is 5.11 Å². The SMILES string of the molecule is CCc1ccc(COc2ccc(C(C)O)cc2F)cc1. The van der Waals surface area contributed by atoms with E-state index >= 15 is 0 Å². The van der Waals surface area contributed by atoms with E-state index < -0.39 is 11.9 Å². The second-order valence-electron chi connectivity index (χ2n) is 4.82. The molecule has 2 aromatic carbocycles. The van der Waals surface area contributed by atoms with Crippen molar-refractivity contribution in [1.82, 2.24) is 0 Å². The van der Waals surface area contributed by atoms with Crippen molar-refractivity contribution in [2.24, 2.45) is 0 Å². The summed E-state index contributed by atoms with van der Waals surface area (Å²) in [6, 6.07) is 12.6. The van der Waals surface area contributed by atoms with Gasteiger partial charge in [-0.1, -0.05) is 37.3 Å². The quantitative estimate of drug-likeness (QED) is 0.892. The topological polar surface area (TPSA) is 29.5 Å². The normalized spacial score (nSPS) is 12.2. The molecule has 0 aromatic heterocycles. The summed E-state index contributed by atoms with van der Waals surface area (Å²) in [5.41, 5.74) is 2.81. The third-order valence-electron chi connectivity index (χ3n) is 3.26. The molecule has 0 saturated heterocycles. The molecule has 3 heteroatoms. The fourth-order valence-corrected chi connectivity index (χ4v) is 1.93. The van der Waals surface area contributed by atoms with Crippen molar-refractivity contribution in [2.45, 2.75) is 33.0 Å². The number of hydrogen-bond acceptors (Lipinski definition) is 2. The van der Waals surface area contributed by atoms with Gasteiger partial charge in [0.05, 0.1) is 6.10 Å². The maximum absolute atomic E-state index is 13.8. The van der Waals surface area contributed by atoms with Gasteiger partial charge in [-0.05, 0) is 42.2 Å². The minimum atomic E-state index is -0.680. The molecular weight excluding hydrogens is 255 g/mol. The zero-order valence-corrected chi connectivity index (χ0v) is 11.8. The fraction of sp³-hybridized carbons (Fsp3) is 0.294. The smallest absolute Gasteiger partial charge is 0.165 e. The van der Waals surface area contributed by atoms with Crippen LogP contribution in [0, 0.1) is 5.82 Å². The summed E-state index contributed by atoms with van der Waals surface area (Å²) in [5.74, 6) is -0.248.